The van der Waals surface area contributed by atoms with E-state index in [2.05, 4.69) is 43.4 Å². The molecule has 4 nitrogen and oxygen atoms in total. The van der Waals surface area contributed by atoms with E-state index in [0.29, 0.717) is 28.8 Å². The quantitative estimate of drug-likeness (QED) is 0.497. The number of rotatable bonds is 9. The number of carbonyl (C=O) groups excluding carboxylic acids is 2. The van der Waals surface area contributed by atoms with Crippen molar-refractivity contribution in [3.63, 3.8) is 0 Å². The van der Waals surface area contributed by atoms with Crippen molar-refractivity contribution in [2.75, 3.05) is 0 Å². The molecule has 31 heavy (non-hydrogen) atoms. The molecule has 0 spiro atoms. The number of aryl methyl sites for hydroxylation is 1. The van der Waals surface area contributed by atoms with Gasteiger partial charge < -0.3 is 10.2 Å². The van der Waals surface area contributed by atoms with Gasteiger partial charge in [0.05, 0.1) is 10.0 Å². The fraction of sp³-hybridized carbons (Fsp3) is 0.440. The molecule has 0 radical (unpaired) electrons. The fourth-order valence-corrected chi connectivity index (χ4v) is 3.61. The monoisotopic (exact) mass is 462 g/mol. The van der Waals surface area contributed by atoms with Gasteiger partial charge in [-0.3, -0.25) is 9.59 Å². The van der Waals surface area contributed by atoms with Crippen molar-refractivity contribution in [1.29, 1.82) is 0 Å². The second kappa shape index (κ2) is 11.5. The van der Waals surface area contributed by atoms with E-state index in [9.17, 15) is 9.59 Å². The number of amides is 2. The maximum Gasteiger partial charge on any atom is 0.242 e. The van der Waals surface area contributed by atoms with Gasteiger partial charge in [0.15, 0.2) is 0 Å². The summed E-state index contributed by atoms with van der Waals surface area (Å²) in [4.78, 5) is 27.4. The maximum absolute atomic E-state index is 13.2. The number of benzene rings is 2. The predicted octanol–water partition coefficient (Wildman–Crippen LogP) is 5.99. The topological polar surface area (TPSA) is 49.4 Å². The lowest BCUT2D eigenvalue weighted by molar-refractivity contribution is -0.140. The first-order chi connectivity index (χ1) is 14.6. The van der Waals surface area contributed by atoms with Crippen molar-refractivity contribution in [3.05, 3.63) is 69.2 Å². The van der Waals surface area contributed by atoms with Crippen LogP contribution in [0.15, 0.2) is 42.5 Å². The van der Waals surface area contributed by atoms with Crippen LogP contribution >= 0.6 is 23.2 Å². The Morgan fingerprint density at radius 2 is 1.52 bits per heavy atom. The van der Waals surface area contributed by atoms with Crippen LogP contribution in [-0.4, -0.2) is 28.8 Å². The highest BCUT2D eigenvalue weighted by atomic mass is 35.5. The molecule has 0 bridgehead atoms. The summed E-state index contributed by atoms with van der Waals surface area (Å²) in [6.45, 7) is 10.2. The van der Waals surface area contributed by atoms with Crippen LogP contribution < -0.4 is 5.32 Å². The normalized spacial score (nSPS) is 12.2. The van der Waals surface area contributed by atoms with Crippen LogP contribution in [0.5, 0.6) is 0 Å². The van der Waals surface area contributed by atoms with E-state index >= 15 is 0 Å². The summed E-state index contributed by atoms with van der Waals surface area (Å²) < 4.78 is 0. The maximum atomic E-state index is 13.2. The van der Waals surface area contributed by atoms with Crippen LogP contribution in [0, 0.1) is 0 Å². The average Bonchev–Trinajstić information content (AvgIpc) is 2.72. The van der Waals surface area contributed by atoms with Crippen molar-refractivity contribution in [1.82, 2.24) is 10.2 Å². The third-order valence-electron chi connectivity index (χ3n) is 5.21. The zero-order chi connectivity index (χ0) is 23.1. The largest absolute Gasteiger partial charge is 0.352 e. The Hall–Kier alpha value is -2.04. The Balaban J connectivity index is 2.16. The number of nitrogens with one attached hydrogen (secondary N) is 1. The molecular formula is C25H32Cl2N2O2. The third-order valence-corrected chi connectivity index (χ3v) is 5.95. The minimum Gasteiger partial charge on any atom is -0.352 e. The summed E-state index contributed by atoms with van der Waals surface area (Å²) in [6, 6.07) is 13.0. The molecule has 2 aromatic rings. The minimum atomic E-state index is -0.604. The first kappa shape index (κ1) is 25.2. The average molecular weight is 463 g/mol. The molecule has 0 heterocycles. The molecule has 6 heteroatoms. The van der Waals surface area contributed by atoms with Gasteiger partial charge in [0.2, 0.25) is 11.8 Å². The molecule has 2 aromatic carbocycles. The highest BCUT2D eigenvalue weighted by molar-refractivity contribution is 6.42. The molecule has 1 atom stereocenters. The molecule has 0 fully saturated rings. The van der Waals surface area contributed by atoms with Gasteiger partial charge in [-0.25, -0.2) is 0 Å². The molecule has 0 saturated carbocycles. The Morgan fingerprint density at radius 3 is 2.06 bits per heavy atom. The van der Waals surface area contributed by atoms with Crippen molar-refractivity contribution < 1.29 is 9.59 Å². The molecule has 2 rings (SSSR count). The van der Waals surface area contributed by atoms with Crippen molar-refractivity contribution >= 4 is 35.0 Å². The van der Waals surface area contributed by atoms with Crippen molar-refractivity contribution in [2.24, 2.45) is 0 Å². The number of hydrogen-bond donors (Lipinski definition) is 1. The second-order valence-corrected chi connectivity index (χ2v) is 9.32. The first-order valence-corrected chi connectivity index (χ1v) is 11.5. The summed E-state index contributed by atoms with van der Waals surface area (Å²) >= 11 is 12.2. The van der Waals surface area contributed by atoms with Crippen LogP contribution in [0.3, 0.4) is 0 Å². The summed E-state index contributed by atoms with van der Waals surface area (Å²) in [5, 5.41) is 3.78. The molecule has 168 valence electrons. The lowest BCUT2D eigenvalue weighted by Crippen LogP contribution is -2.49. The second-order valence-electron chi connectivity index (χ2n) is 8.51. The predicted molar refractivity (Wildman–Crippen MR) is 129 cm³/mol. The van der Waals surface area contributed by atoms with E-state index in [-0.39, 0.29) is 24.4 Å². The third kappa shape index (κ3) is 7.55. The molecule has 0 unspecified atom stereocenters. The first-order valence-electron chi connectivity index (χ1n) is 10.7. The molecular weight excluding hydrogens is 431 g/mol. The van der Waals surface area contributed by atoms with Gasteiger partial charge in [0, 0.05) is 19.0 Å². The summed E-state index contributed by atoms with van der Waals surface area (Å²) in [5.41, 5.74) is 3.20. The summed E-state index contributed by atoms with van der Waals surface area (Å²) in [5.74, 6) is 0.216. The number of nitrogens with zero attached hydrogens (tertiary/aromatic N) is 1. The van der Waals surface area contributed by atoms with Gasteiger partial charge in [-0.05, 0) is 61.9 Å². The Labute approximate surface area is 195 Å². The lowest BCUT2D eigenvalue weighted by Gasteiger charge is -2.29. The molecule has 2 amide bonds. The molecule has 0 aromatic heterocycles. The van der Waals surface area contributed by atoms with Gasteiger partial charge in [0.1, 0.15) is 6.04 Å². The van der Waals surface area contributed by atoms with E-state index in [1.54, 1.807) is 24.0 Å². The van der Waals surface area contributed by atoms with Gasteiger partial charge in [0.25, 0.3) is 0 Å². The fourth-order valence-electron chi connectivity index (χ4n) is 3.29. The minimum absolute atomic E-state index is 0.00338. The van der Waals surface area contributed by atoms with Gasteiger partial charge in [-0.1, -0.05) is 67.4 Å². The molecule has 0 aliphatic rings. The number of halogens is 2. The van der Waals surface area contributed by atoms with Crippen LogP contribution in [-0.2, 0) is 22.6 Å². The smallest absolute Gasteiger partial charge is 0.242 e. The standard InChI is InChI=1S/C25H32Cl2N2O2/c1-16(2)21-10-6-19(7-11-21)9-13-24(30)29(18(5)25(31)28-17(3)4)15-20-8-12-22(26)23(27)14-20/h6-8,10-12,14,16-18H,9,13,15H2,1-5H3,(H,28,31)/t18-/m0/s1. The number of hydrogen-bond acceptors (Lipinski definition) is 2. The Morgan fingerprint density at radius 1 is 0.903 bits per heavy atom. The van der Waals surface area contributed by atoms with Crippen LogP contribution in [0.2, 0.25) is 10.0 Å². The molecule has 0 aliphatic carbocycles. The Bertz CT molecular complexity index is 895. The van der Waals surface area contributed by atoms with Crippen molar-refractivity contribution in [3.8, 4) is 0 Å². The molecule has 0 saturated heterocycles. The van der Waals surface area contributed by atoms with E-state index < -0.39 is 6.04 Å². The Kier molecular flexibility index (Phi) is 9.39. The van der Waals surface area contributed by atoms with Crippen LogP contribution in [0.1, 0.15) is 63.6 Å². The molecule has 1 N–H and O–H groups in total. The zero-order valence-corrected chi connectivity index (χ0v) is 20.4. The van der Waals surface area contributed by atoms with Gasteiger partial charge >= 0.3 is 0 Å². The SMILES string of the molecule is CC(C)NC(=O)[C@H](C)N(Cc1ccc(Cl)c(Cl)c1)C(=O)CCc1ccc(C(C)C)cc1. The van der Waals surface area contributed by atoms with Gasteiger partial charge in [-0.2, -0.15) is 0 Å². The van der Waals surface area contributed by atoms with Crippen LogP contribution in [0.25, 0.3) is 0 Å². The van der Waals surface area contributed by atoms with Gasteiger partial charge in [-0.15, -0.1) is 0 Å². The van der Waals surface area contributed by atoms with Crippen molar-refractivity contribution in [2.45, 2.75) is 72.0 Å². The summed E-state index contributed by atoms with van der Waals surface area (Å²) in [7, 11) is 0. The summed E-state index contributed by atoms with van der Waals surface area (Å²) in [6.07, 6.45) is 0.940. The van der Waals surface area contributed by atoms with E-state index in [1.165, 1.54) is 5.56 Å². The zero-order valence-electron chi connectivity index (χ0n) is 18.9. The van der Waals surface area contributed by atoms with E-state index in [0.717, 1.165) is 11.1 Å². The highest BCUT2D eigenvalue weighted by Gasteiger charge is 2.26. The highest BCUT2D eigenvalue weighted by Crippen LogP contribution is 2.24. The lowest BCUT2D eigenvalue weighted by atomic mass is 10.00. The molecule has 0 aliphatic heterocycles. The van der Waals surface area contributed by atoms with E-state index in [4.69, 9.17) is 23.2 Å². The number of carbonyl (C=O) groups is 2. The van der Waals surface area contributed by atoms with Crippen LogP contribution in [0.4, 0.5) is 0 Å². The van der Waals surface area contributed by atoms with E-state index in [1.807, 2.05) is 19.9 Å².